The Hall–Kier alpha value is -2.45. The minimum Gasteiger partial charge on any atom is -0.323 e. The number of carbonyl (C=O) groups excluding carboxylic acids is 1. The molecule has 1 heterocycles. The molecule has 0 fully saturated rings. The van der Waals surface area contributed by atoms with Crippen LogP contribution in [0.4, 0.5) is 11.4 Å². The number of hydrogen-bond acceptors (Lipinski definition) is 5. The van der Waals surface area contributed by atoms with Gasteiger partial charge in [0.1, 0.15) is 0 Å². The van der Waals surface area contributed by atoms with Crippen LogP contribution in [0.25, 0.3) is 0 Å². The Morgan fingerprint density at radius 2 is 2.25 bits per heavy atom. The van der Waals surface area contributed by atoms with Crippen molar-refractivity contribution in [2.24, 2.45) is 0 Å². The molecule has 0 aliphatic carbocycles. The third-order valence-corrected chi connectivity index (χ3v) is 3.64. The molecule has 0 radical (unpaired) electrons. The highest BCUT2D eigenvalue weighted by molar-refractivity contribution is 6.33. The molecule has 1 aromatic heterocycles. The van der Waals surface area contributed by atoms with Gasteiger partial charge >= 0.3 is 0 Å². The number of nitro benzene ring substituents is 1. The predicted octanol–water partition coefficient (Wildman–Crippen LogP) is 2.54. The summed E-state index contributed by atoms with van der Waals surface area (Å²) in [4.78, 5) is 24.2. The smallest absolute Gasteiger partial charge is 0.271 e. The lowest BCUT2D eigenvalue weighted by Crippen LogP contribution is -2.29. The average Bonchev–Trinajstić information content (AvgIpc) is 2.96. The van der Waals surface area contributed by atoms with Crippen LogP contribution in [0.3, 0.4) is 0 Å². The fourth-order valence-electron chi connectivity index (χ4n) is 2.19. The van der Waals surface area contributed by atoms with E-state index in [-0.39, 0.29) is 28.8 Å². The Kier molecular flexibility index (Phi) is 5.88. The number of amides is 1. The molecule has 2 aromatic rings. The first-order valence-electron chi connectivity index (χ1n) is 7.32. The van der Waals surface area contributed by atoms with Crippen LogP contribution in [-0.4, -0.2) is 39.1 Å². The van der Waals surface area contributed by atoms with Crippen LogP contribution in [0.1, 0.15) is 12.5 Å². The molecule has 0 bridgehead atoms. The molecule has 2 rings (SSSR count). The van der Waals surface area contributed by atoms with Crippen LogP contribution < -0.4 is 5.32 Å². The molecule has 0 unspecified atom stereocenters. The van der Waals surface area contributed by atoms with Crippen molar-refractivity contribution in [3.8, 4) is 0 Å². The van der Waals surface area contributed by atoms with Gasteiger partial charge in [-0.2, -0.15) is 5.10 Å². The van der Waals surface area contributed by atoms with E-state index in [0.717, 1.165) is 12.1 Å². The molecule has 0 aliphatic rings. The number of halogens is 1. The molecule has 9 heteroatoms. The van der Waals surface area contributed by atoms with E-state index in [1.807, 2.05) is 22.7 Å². The SMILES string of the molecule is CCn1cc(CN(C)CC(=O)Nc2cc([N+](=O)[O-])ccc2Cl)cn1. The molecule has 128 valence electrons. The molecule has 0 spiro atoms. The van der Waals surface area contributed by atoms with E-state index in [1.54, 1.807) is 13.2 Å². The van der Waals surface area contributed by atoms with Crippen LogP contribution in [0, 0.1) is 10.1 Å². The second-order valence-corrected chi connectivity index (χ2v) is 5.75. The zero-order valence-corrected chi connectivity index (χ0v) is 14.2. The van der Waals surface area contributed by atoms with Gasteiger partial charge in [-0.1, -0.05) is 11.6 Å². The zero-order valence-electron chi connectivity index (χ0n) is 13.4. The molecule has 0 saturated carbocycles. The van der Waals surface area contributed by atoms with Crippen molar-refractivity contribution in [1.82, 2.24) is 14.7 Å². The fraction of sp³-hybridized carbons (Fsp3) is 0.333. The summed E-state index contributed by atoms with van der Waals surface area (Å²) in [5, 5.41) is 17.8. The lowest BCUT2D eigenvalue weighted by Gasteiger charge is -2.15. The number of carbonyl (C=O) groups is 1. The number of benzene rings is 1. The molecule has 1 N–H and O–H groups in total. The normalized spacial score (nSPS) is 10.8. The van der Waals surface area contributed by atoms with E-state index in [0.29, 0.717) is 6.54 Å². The Labute approximate surface area is 144 Å². The molecular weight excluding hydrogens is 334 g/mol. The maximum Gasteiger partial charge on any atom is 0.271 e. The molecule has 0 aliphatic heterocycles. The fourth-order valence-corrected chi connectivity index (χ4v) is 2.35. The quantitative estimate of drug-likeness (QED) is 0.611. The molecule has 1 amide bonds. The number of nitrogens with zero attached hydrogens (tertiary/aromatic N) is 4. The highest BCUT2D eigenvalue weighted by atomic mass is 35.5. The second-order valence-electron chi connectivity index (χ2n) is 5.35. The number of likely N-dealkylation sites (N-methyl/N-ethyl adjacent to an activating group) is 1. The van der Waals surface area contributed by atoms with E-state index in [9.17, 15) is 14.9 Å². The Bertz CT molecular complexity index is 746. The summed E-state index contributed by atoms with van der Waals surface area (Å²) in [7, 11) is 1.80. The van der Waals surface area contributed by atoms with Gasteiger partial charge in [-0.3, -0.25) is 24.5 Å². The molecule has 24 heavy (non-hydrogen) atoms. The average molecular weight is 352 g/mol. The van der Waals surface area contributed by atoms with E-state index in [2.05, 4.69) is 10.4 Å². The van der Waals surface area contributed by atoms with E-state index in [1.165, 1.54) is 18.2 Å². The zero-order chi connectivity index (χ0) is 17.7. The van der Waals surface area contributed by atoms with Crippen LogP contribution in [0.2, 0.25) is 5.02 Å². The Balaban J connectivity index is 1.95. The van der Waals surface area contributed by atoms with Crippen LogP contribution >= 0.6 is 11.6 Å². The van der Waals surface area contributed by atoms with Crippen molar-refractivity contribution in [1.29, 1.82) is 0 Å². The molecule has 1 aromatic carbocycles. The van der Waals surface area contributed by atoms with Crippen LogP contribution in [-0.2, 0) is 17.9 Å². The summed E-state index contributed by atoms with van der Waals surface area (Å²) in [5.41, 5.74) is 1.10. The first-order valence-corrected chi connectivity index (χ1v) is 7.70. The van der Waals surface area contributed by atoms with Crippen LogP contribution in [0.5, 0.6) is 0 Å². The van der Waals surface area contributed by atoms with Crippen molar-refractivity contribution < 1.29 is 9.72 Å². The maximum atomic E-state index is 12.1. The number of hydrogen-bond donors (Lipinski definition) is 1. The highest BCUT2D eigenvalue weighted by Crippen LogP contribution is 2.26. The van der Waals surface area contributed by atoms with Gasteiger partial charge in [0.25, 0.3) is 5.69 Å². The largest absolute Gasteiger partial charge is 0.323 e. The van der Waals surface area contributed by atoms with Crippen molar-refractivity contribution in [3.05, 3.63) is 51.3 Å². The predicted molar refractivity (Wildman–Crippen MR) is 91.0 cm³/mol. The third kappa shape index (κ3) is 4.77. The number of nitrogens with one attached hydrogen (secondary N) is 1. The van der Waals surface area contributed by atoms with Crippen molar-refractivity contribution in [2.75, 3.05) is 18.9 Å². The minimum atomic E-state index is -0.538. The van der Waals surface area contributed by atoms with Gasteiger partial charge in [-0.25, -0.2) is 0 Å². The maximum absolute atomic E-state index is 12.1. The summed E-state index contributed by atoms with van der Waals surface area (Å²) < 4.78 is 1.81. The van der Waals surface area contributed by atoms with Gasteiger partial charge in [0.15, 0.2) is 0 Å². The standard InChI is InChI=1S/C15H18ClN5O3/c1-3-20-9-11(7-17-20)8-19(2)10-15(22)18-14-6-12(21(23)24)4-5-13(14)16/h4-7,9H,3,8,10H2,1-2H3,(H,18,22). The van der Waals surface area contributed by atoms with Gasteiger partial charge in [0.05, 0.1) is 28.4 Å². The molecule has 0 atom stereocenters. The van der Waals surface area contributed by atoms with Gasteiger partial charge < -0.3 is 5.32 Å². The summed E-state index contributed by atoms with van der Waals surface area (Å²) in [6, 6.07) is 3.92. The lowest BCUT2D eigenvalue weighted by molar-refractivity contribution is -0.384. The number of nitro groups is 1. The number of anilines is 1. The number of aryl methyl sites for hydroxylation is 1. The van der Waals surface area contributed by atoms with Gasteiger partial charge in [0, 0.05) is 37.0 Å². The lowest BCUT2D eigenvalue weighted by atomic mass is 10.2. The van der Waals surface area contributed by atoms with Crippen LogP contribution in [0.15, 0.2) is 30.6 Å². The molecule has 8 nitrogen and oxygen atoms in total. The summed E-state index contributed by atoms with van der Waals surface area (Å²) in [6.07, 6.45) is 3.68. The van der Waals surface area contributed by atoms with E-state index >= 15 is 0 Å². The molecule has 0 saturated heterocycles. The summed E-state index contributed by atoms with van der Waals surface area (Å²) in [6.45, 7) is 3.47. The first-order chi connectivity index (χ1) is 11.4. The van der Waals surface area contributed by atoms with E-state index in [4.69, 9.17) is 11.6 Å². The van der Waals surface area contributed by atoms with E-state index < -0.39 is 4.92 Å². The highest BCUT2D eigenvalue weighted by Gasteiger charge is 2.14. The van der Waals surface area contributed by atoms with Crippen molar-refractivity contribution in [2.45, 2.75) is 20.0 Å². The monoisotopic (exact) mass is 351 g/mol. The number of aromatic nitrogens is 2. The Morgan fingerprint density at radius 3 is 2.88 bits per heavy atom. The first kappa shape index (κ1) is 17.9. The second kappa shape index (κ2) is 7.89. The van der Waals surface area contributed by atoms with Crippen molar-refractivity contribution in [3.63, 3.8) is 0 Å². The van der Waals surface area contributed by atoms with Gasteiger partial charge in [-0.05, 0) is 20.0 Å². The molecular formula is C15H18ClN5O3. The van der Waals surface area contributed by atoms with Gasteiger partial charge in [0.2, 0.25) is 5.91 Å². The number of rotatable bonds is 7. The minimum absolute atomic E-state index is 0.121. The Morgan fingerprint density at radius 1 is 1.50 bits per heavy atom. The topological polar surface area (TPSA) is 93.3 Å². The number of non-ortho nitro benzene ring substituents is 1. The summed E-state index contributed by atoms with van der Waals surface area (Å²) >= 11 is 5.97. The van der Waals surface area contributed by atoms with Crippen molar-refractivity contribution >= 4 is 28.9 Å². The third-order valence-electron chi connectivity index (χ3n) is 3.31. The summed E-state index contributed by atoms with van der Waals surface area (Å²) in [5.74, 6) is -0.303. The van der Waals surface area contributed by atoms with Gasteiger partial charge in [-0.15, -0.1) is 0 Å².